The molecule has 0 bridgehead atoms. The maximum atomic E-state index is 13.5. The number of β-amino-alcohol motifs (C(OH)–C–C–N with tert-alkyl or cyclic N) is 1. The summed E-state index contributed by atoms with van der Waals surface area (Å²) in [5, 5.41) is 17.3. The molecule has 0 unspecified atom stereocenters. The Morgan fingerprint density at radius 1 is 1.12 bits per heavy atom. The van der Waals surface area contributed by atoms with Gasteiger partial charge in [0.05, 0.1) is 24.3 Å². The number of benzene rings is 1. The van der Waals surface area contributed by atoms with Gasteiger partial charge in [0, 0.05) is 25.7 Å². The Hall–Kier alpha value is -2.16. The summed E-state index contributed by atoms with van der Waals surface area (Å²) in [7, 11) is 3.60. The van der Waals surface area contributed by atoms with Crippen LogP contribution in [0.3, 0.4) is 0 Å². The lowest BCUT2D eigenvalue weighted by Gasteiger charge is -2.50. The van der Waals surface area contributed by atoms with E-state index in [2.05, 4.69) is 34.9 Å². The molecule has 182 valence electrons. The summed E-state index contributed by atoms with van der Waals surface area (Å²) in [5.41, 5.74) is -0.00880. The number of hydrogen-bond acceptors (Lipinski definition) is 5. The Morgan fingerprint density at radius 3 is 2.39 bits per heavy atom. The van der Waals surface area contributed by atoms with E-state index in [1.54, 1.807) is 12.0 Å². The second kappa shape index (κ2) is 9.60. The van der Waals surface area contributed by atoms with Gasteiger partial charge in [0.15, 0.2) is 0 Å². The lowest BCUT2D eigenvalue weighted by atomic mass is 9.68. The van der Waals surface area contributed by atoms with E-state index in [4.69, 9.17) is 4.74 Å². The minimum atomic E-state index is -0.795. The van der Waals surface area contributed by atoms with Crippen molar-refractivity contribution in [1.29, 1.82) is 0 Å². The predicted molar refractivity (Wildman–Crippen MR) is 126 cm³/mol. The smallest absolute Gasteiger partial charge is 0.321 e. The second-order valence-electron chi connectivity index (χ2n) is 10.1. The maximum Gasteiger partial charge on any atom is 0.321 e. The Labute approximate surface area is 196 Å². The van der Waals surface area contributed by atoms with Crippen LogP contribution in [0.1, 0.15) is 50.5 Å². The zero-order valence-electron chi connectivity index (χ0n) is 19.9. The molecule has 1 aromatic carbocycles. The second-order valence-corrected chi connectivity index (χ2v) is 10.1. The van der Waals surface area contributed by atoms with Crippen molar-refractivity contribution in [2.75, 3.05) is 46.9 Å². The third-order valence-corrected chi connectivity index (χ3v) is 8.10. The van der Waals surface area contributed by atoms with Crippen LogP contribution in [0.25, 0.3) is 0 Å². The number of nitrogens with one attached hydrogen (secondary N) is 2. The molecule has 3 N–H and O–H groups in total. The topological polar surface area (TPSA) is 94.1 Å². The van der Waals surface area contributed by atoms with Crippen LogP contribution in [0.4, 0.5) is 4.79 Å². The largest absolute Gasteiger partial charge is 0.388 e. The van der Waals surface area contributed by atoms with Crippen LogP contribution in [-0.4, -0.2) is 84.9 Å². The van der Waals surface area contributed by atoms with E-state index in [9.17, 15) is 14.7 Å². The van der Waals surface area contributed by atoms with E-state index in [0.29, 0.717) is 26.2 Å². The summed E-state index contributed by atoms with van der Waals surface area (Å²) in [6.45, 7) is 1.77. The number of aliphatic hydroxyl groups is 1. The van der Waals surface area contributed by atoms with Gasteiger partial charge in [-0.05, 0) is 57.6 Å². The summed E-state index contributed by atoms with van der Waals surface area (Å²) < 4.78 is 4.99. The molecule has 0 radical (unpaired) electrons. The van der Waals surface area contributed by atoms with E-state index >= 15 is 0 Å². The van der Waals surface area contributed by atoms with Gasteiger partial charge in [-0.2, -0.15) is 0 Å². The van der Waals surface area contributed by atoms with E-state index in [-0.39, 0.29) is 29.6 Å². The fourth-order valence-corrected chi connectivity index (χ4v) is 5.81. The zero-order valence-corrected chi connectivity index (χ0v) is 19.9. The highest BCUT2D eigenvalue weighted by Gasteiger charge is 2.56. The van der Waals surface area contributed by atoms with Crippen molar-refractivity contribution in [2.45, 2.75) is 61.6 Å². The highest BCUT2D eigenvalue weighted by molar-refractivity contribution is 5.86. The number of carbonyl (C=O) groups is 2. The Morgan fingerprint density at radius 2 is 1.82 bits per heavy atom. The molecular formula is C25H38N4O4. The summed E-state index contributed by atoms with van der Waals surface area (Å²) in [4.78, 5) is 29.5. The lowest BCUT2D eigenvalue weighted by molar-refractivity contribution is -0.121. The molecule has 1 spiro atoms. The minimum Gasteiger partial charge on any atom is -0.388 e. The van der Waals surface area contributed by atoms with Crippen molar-refractivity contribution in [3.63, 3.8) is 0 Å². The highest BCUT2D eigenvalue weighted by atomic mass is 16.5. The van der Waals surface area contributed by atoms with Crippen LogP contribution in [0, 0.1) is 0 Å². The Kier molecular flexibility index (Phi) is 6.98. The summed E-state index contributed by atoms with van der Waals surface area (Å²) in [6, 6.07) is 10.4. The molecule has 4 rings (SSSR count). The molecular weight excluding hydrogens is 420 g/mol. The molecule has 3 fully saturated rings. The van der Waals surface area contributed by atoms with Gasteiger partial charge < -0.3 is 30.3 Å². The first-order valence-electron chi connectivity index (χ1n) is 12.1. The van der Waals surface area contributed by atoms with Crippen LogP contribution < -0.4 is 10.6 Å². The first-order valence-corrected chi connectivity index (χ1v) is 12.1. The molecule has 2 aliphatic carbocycles. The number of urea groups is 1. The summed E-state index contributed by atoms with van der Waals surface area (Å²) in [6.07, 6.45) is 5.89. The standard InChI is InChI=1S/C25H38N4O4/c1-26-25(20-7-4-3-5-8-20)13-11-23(12-14-25)18-28(17-21(30)27-15-16-33-2)22(31)29(23)19-24(32)9-6-10-24/h3-5,7-8,26,32H,6,9-19H2,1-2H3,(H,27,30)/t23-,25+. The molecule has 3 amide bonds. The third kappa shape index (κ3) is 4.74. The number of nitrogens with zero attached hydrogens (tertiary/aromatic N) is 2. The first kappa shape index (κ1) is 24.0. The van der Waals surface area contributed by atoms with Gasteiger partial charge in [-0.3, -0.25) is 4.79 Å². The molecule has 8 heteroatoms. The summed E-state index contributed by atoms with van der Waals surface area (Å²) >= 11 is 0. The average molecular weight is 459 g/mol. The summed E-state index contributed by atoms with van der Waals surface area (Å²) in [5.74, 6) is -0.176. The van der Waals surface area contributed by atoms with Crippen molar-refractivity contribution in [1.82, 2.24) is 20.4 Å². The SMILES string of the molecule is CN[C@]1(c2ccccc2)CC[C@]2(CC1)CN(CC(=O)NCCOC)C(=O)N2CC1(O)CCC1. The van der Waals surface area contributed by atoms with Crippen LogP contribution in [0.15, 0.2) is 30.3 Å². The van der Waals surface area contributed by atoms with Gasteiger partial charge in [0.2, 0.25) is 5.91 Å². The molecule has 1 heterocycles. The van der Waals surface area contributed by atoms with Crippen LogP contribution in [0.2, 0.25) is 0 Å². The highest BCUT2D eigenvalue weighted by Crippen LogP contribution is 2.48. The number of amides is 3. The number of rotatable bonds is 9. The van der Waals surface area contributed by atoms with Crippen LogP contribution in [0.5, 0.6) is 0 Å². The van der Waals surface area contributed by atoms with E-state index < -0.39 is 5.60 Å². The number of ether oxygens (including phenoxy) is 1. The van der Waals surface area contributed by atoms with Gasteiger partial charge in [0.1, 0.15) is 6.54 Å². The fraction of sp³-hybridized carbons (Fsp3) is 0.680. The van der Waals surface area contributed by atoms with Crippen LogP contribution in [-0.2, 0) is 15.1 Å². The van der Waals surface area contributed by atoms with Crippen molar-refractivity contribution in [2.24, 2.45) is 0 Å². The van der Waals surface area contributed by atoms with E-state index in [0.717, 1.165) is 44.9 Å². The van der Waals surface area contributed by atoms with Gasteiger partial charge in [-0.15, -0.1) is 0 Å². The quantitative estimate of drug-likeness (QED) is 0.491. The fourth-order valence-electron chi connectivity index (χ4n) is 5.81. The van der Waals surface area contributed by atoms with Gasteiger partial charge >= 0.3 is 6.03 Å². The molecule has 1 saturated heterocycles. The monoisotopic (exact) mass is 458 g/mol. The van der Waals surface area contributed by atoms with Crippen molar-refractivity contribution >= 4 is 11.9 Å². The Bertz CT molecular complexity index is 834. The molecule has 33 heavy (non-hydrogen) atoms. The van der Waals surface area contributed by atoms with E-state index in [1.807, 2.05) is 18.0 Å². The Balaban J connectivity index is 1.52. The molecule has 3 aliphatic rings. The lowest BCUT2D eigenvalue weighted by Crippen LogP contribution is -2.59. The molecule has 2 saturated carbocycles. The molecule has 0 aromatic heterocycles. The van der Waals surface area contributed by atoms with Gasteiger partial charge in [-0.25, -0.2) is 4.79 Å². The number of methoxy groups -OCH3 is 1. The molecule has 8 nitrogen and oxygen atoms in total. The van der Waals surface area contributed by atoms with Crippen LogP contribution >= 0.6 is 0 Å². The first-order chi connectivity index (χ1) is 15.9. The molecule has 1 aliphatic heterocycles. The number of hydrogen-bond donors (Lipinski definition) is 3. The van der Waals surface area contributed by atoms with Gasteiger partial charge in [-0.1, -0.05) is 30.3 Å². The predicted octanol–water partition coefficient (Wildman–Crippen LogP) is 1.83. The van der Waals surface area contributed by atoms with Crippen molar-refractivity contribution in [3.8, 4) is 0 Å². The average Bonchev–Trinajstić information content (AvgIpc) is 3.05. The maximum absolute atomic E-state index is 13.5. The van der Waals surface area contributed by atoms with Crippen molar-refractivity contribution < 1.29 is 19.4 Å². The molecule has 1 aromatic rings. The third-order valence-electron chi connectivity index (χ3n) is 8.10. The van der Waals surface area contributed by atoms with Gasteiger partial charge in [0.25, 0.3) is 0 Å². The van der Waals surface area contributed by atoms with Crippen molar-refractivity contribution in [3.05, 3.63) is 35.9 Å². The molecule has 0 atom stereocenters. The van der Waals surface area contributed by atoms with E-state index in [1.165, 1.54) is 5.56 Å². The number of carbonyl (C=O) groups excluding carboxylic acids is 2. The normalized spacial score (nSPS) is 28.8. The zero-order chi connectivity index (χ0) is 23.5. The minimum absolute atomic E-state index is 0.0368.